The summed E-state index contributed by atoms with van der Waals surface area (Å²) in [4.78, 5) is 0. The van der Waals surface area contributed by atoms with Crippen molar-refractivity contribution < 1.29 is 0 Å². The number of hydrogen-bond acceptors (Lipinski definition) is 0. The van der Waals surface area contributed by atoms with Gasteiger partial charge in [-0.25, -0.2) is 0 Å². The molecule has 0 aliphatic rings. The summed E-state index contributed by atoms with van der Waals surface area (Å²) in [5.74, 6) is 0. The highest BCUT2D eigenvalue weighted by atomic mass is 14.1. The van der Waals surface area contributed by atoms with Crippen LogP contribution in [0.1, 0.15) is 0 Å². The highest BCUT2D eigenvalue weighted by Gasteiger charge is 2.09. The van der Waals surface area contributed by atoms with Gasteiger partial charge in [-0.3, -0.25) is 0 Å². The Labute approximate surface area is 198 Å². The third kappa shape index (κ3) is 3.00. The molecule has 7 aromatic rings. The molecule has 158 valence electrons. The molecule has 0 bridgehead atoms. The predicted octanol–water partition coefficient (Wildman–Crippen LogP) is 9.63. The van der Waals surface area contributed by atoms with Crippen LogP contribution in [-0.4, -0.2) is 0 Å². The lowest BCUT2D eigenvalue weighted by Crippen LogP contribution is -1.85. The minimum absolute atomic E-state index is 1.26. The van der Waals surface area contributed by atoms with Crippen molar-refractivity contribution in [2.45, 2.75) is 0 Å². The van der Waals surface area contributed by atoms with E-state index in [4.69, 9.17) is 0 Å². The standard InChI is InChI=1S/C34H22/c1-3-11-29-23(7-1)9-5-13-31(29)27-19-17-25-15-16-26-18-20-28(22-34(26)33(25)21-27)32-14-6-10-24-8-2-4-12-30(24)32/h1-22H. The summed E-state index contributed by atoms with van der Waals surface area (Å²) in [6.45, 7) is 0. The molecule has 0 saturated carbocycles. The van der Waals surface area contributed by atoms with Crippen LogP contribution in [0.15, 0.2) is 133 Å². The third-order valence-electron chi connectivity index (χ3n) is 7.04. The van der Waals surface area contributed by atoms with E-state index in [0.29, 0.717) is 0 Å². The Morgan fingerprint density at radius 3 is 1.15 bits per heavy atom. The van der Waals surface area contributed by atoms with Crippen LogP contribution in [0.5, 0.6) is 0 Å². The molecule has 0 N–H and O–H groups in total. The summed E-state index contributed by atoms with van der Waals surface area (Å²) >= 11 is 0. The van der Waals surface area contributed by atoms with Crippen molar-refractivity contribution in [1.29, 1.82) is 0 Å². The van der Waals surface area contributed by atoms with Crippen molar-refractivity contribution in [2.24, 2.45) is 0 Å². The number of benzene rings is 7. The van der Waals surface area contributed by atoms with E-state index < -0.39 is 0 Å². The van der Waals surface area contributed by atoms with Crippen molar-refractivity contribution in [3.05, 3.63) is 133 Å². The van der Waals surface area contributed by atoms with E-state index in [1.165, 1.54) is 65.3 Å². The normalized spacial score (nSPS) is 11.5. The summed E-state index contributed by atoms with van der Waals surface area (Å²) in [6, 6.07) is 48.7. The maximum atomic E-state index is 2.37. The van der Waals surface area contributed by atoms with Crippen LogP contribution in [0.3, 0.4) is 0 Å². The van der Waals surface area contributed by atoms with Crippen LogP contribution in [-0.2, 0) is 0 Å². The van der Waals surface area contributed by atoms with E-state index in [0.717, 1.165) is 0 Å². The molecule has 0 radical (unpaired) electrons. The van der Waals surface area contributed by atoms with Gasteiger partial charge in [-0.05, 0) is 77.5 Å². The first kappa shape index (κ1) is 19.1. The second-order valence-electron chi connectivity index (χ2n) is 8.99. The maximum Gasteiger partial charge on any atom is -0.00990 e. The van der Waals surface area contributed by atoms with Crippen LogP contribution in [0.2, 0.25) is 0 Å². The Hall–Kier alpha value is -4.42. The minimum Gasteiger partial charge on any atom is -0.0616 e. The van der Waals surface area contributed by atoms with Gasteiger partial charge >= 0.3 is 0 Å². The molecule has 0 unspecified atom stereocenters. The first-order valence-corrected chi connectivity index (χ1v) is 11.8. The highest BCUT2D eigenvalue weighted by molar-refractivity contribution is 6.11. The van der Waals surface area contributed by atoms with E-state index in [2.05, 4.69) is 133 Å². The first-order valence-electron chi connectivity index (χ1n) is 11.8. The van der Waals surface area contributed by atoms with Gasteiger partial charge in [0.15, 0.2) is 0 Å². The van der Waals surface area contributed by atoms with Crippen LogP contribution in [0.4, 0.5) is 0 Å². The lowest BCUT2D eigenvalue weighted by Gasteiger charge is -2.12. The van der Waals surface area contributed by atoms with Gasteiger partial charge in [-0.15, -0.1) is 0 Å². The molecule has 0 heterocycles. The second-order valence-corrected chi connectivity index (χ2v) is 8.99. The molecular weight excluding hydrogens is 408 g/mol. The average molecular weight is 431 g/mol. The van der Waals surface area contributed by atoms with Crippen molar-refractivity contribution >= 4 is 43.1 Å². The predicted molar refractivity (Wildman–Crippen MR) is 147 cm³/mol. The summed E-state index contributed by atoms with van der Waals surface area (Å²) in [7, 11) is 0. The Morgan fingerprint density at radius 1 is 0.265 bits per heavy atom. The van der Waals surface area contributed by atoms with Crippen LogP contribution < -0.4 is 0 Å². The lowest BCUT2D eigenvalue weighted by molar-refractivity contribution is 1.67. The van der Waals surface area contributed by atoms with Gasteiger partial charge in [-0.2, -0.15) is 0 Å². The fourth-order valence-corrected chi connectivity index (χ4v) is 5.34. The van der Waals surface area contributed by atoms with Crippen molar-refractivity contribution in [3.8, 4) is 22.3 Å². The van der Waals surface area contributed by atoms with Crippen molar-refractivity contribution in [2.75, 3.05) is 0 Å². The summed E-state index contributed by atoms with van der Waals surface area (Å²) in [6.07, 6.45) is 0. The van der Waals surface area contributed by atoms with E-state index in [1.54, 1.807) is 0 Å². The minimum atomic E-state index is 1.26. The van der Waals surface area contributed by atoms with Crippen LogP contribution in [0.25, 0.3) is 65.3 Å². The largest absolute Gasteiger partial charge is 0.0616 e. The van der Waals surface area contributed by atoms with Crippen molar-refractivity contribution in [3.63, 3.8) is 0 Å². The summed E-state index contributed by atoms with van der Waals surface area (Å²) in [5.41, 5.74) is 5.07. The summed E-state index contributed by atoms with van der Waals surface area (Å²) < 4.78 is 0. The SMILES string of the molecule is c1ccc2c(-c3ccc4ccc5ccc(-c6cccc7ccccc67)cc5c4c3)cccc2c1. The van der Waals surface area contributed by atoms with E-state index in [-0.39, 0.29) is 0 Å². The van der Waals surface area contributed by atoms with Crippen LogP contribution >= 0.6 is 0 Å². The molecule has 7 aromatic carbocycles. The Morgan fingerprint density at radius 2 is 0.647 bits per heavy atom. The molecule has 0 aliphatic heterocycles. The Balaban J connectivity index is 1.49. The molecule has 0 aliphatic carbocycles. The molecular formula is C34H22. The van der Waals surface area contributed by atoms with Gasteiger partial charge in [0.1, 0.15) is 0 Å². The average Bonchev–Trinajstić information content (AvgIpc) is 2.92. The molecule has 0 atom stereocenters. The Bertz CT molecular complexity index is 1710. The number of hydrogen-bond donors (Lipinski definition) is 0. The molecule has 7 rings (SSSR count). The molecule has 0 aromatic heterocycles. The van der Waals surface area contributed by atoms with E-state index >= 15 is 0 Å². The number of rotatable bonds is 2. The number of fused-ring (bicyclic) bond motifs is 5. The summed E-state index contributed by atoms with van der Waals surface area (Å²) in [5, 5.41) is 10.3. The van der Waals surface area contributed by atoms with Gasteiger partial charge in [0, 0.05) is 0 Å². The fourth-order valence-electron chi connectivity index (χ4n) is 5.34. The van der Waals surface area contributed by atoms with Gasteiger partial charge in [-0.1, -0.05) is 121 Å². The molecule has 0 nitrogen and oxygen atoms in total. The third-order valence-corrected chi connectivity index (χ3v) is 7.04. The van der Waals surface area contributed by atoms with Gasteiger partial charge < -0.3 is 0 Å². The molecule has 0 amide bonds. The topological polar surface area (TPSA) is 0 Å². The zero-order valence-electron chi connectivity index (χ0n) is 18.7. The molecule has 0 spiro atoms. The van der Waals surface area contributed by atoms with Crippen molar-refractivity contribution in [1.82, 2.24) is 0 Å². The van der Waals surface area contributed by atoms with E-state index in [1.807, 2.05) is 0 Å². The zero-order valence-corrected chi connectivity index (χ0v) is 18.7. The fraction of sp³-hybridized carbons (Fsp3) is 0. The van der Waals surface area contributed by atoms with Gasteiger partial charge in [0.2, 0.25) is 0 Å². The smallest absolute Gasteiger partial charge is 0.00990 e. The highest BCUT2D eigenvalue weighted by Crippen LogP contribution is 2.36. The second kappa shape index (κ2) is 7.57. The first-order chi connectivity index (χ1) is 16.8. The Kier molecular flexibility index (Phi) is 4.25. The van der Waals surface area contributed by atoms with Gasteiger partial charge in [0.05, 0.1) is 0 Å². The van der Waals surface area contributed by atoms with E-state index in [9.17, 15) is 0 Å². The van der Waals surface area contributed by atoms with Crippen LogP contribution in [0, 0.1) is 0 Å². The lowest BCUT2D eigenvalue weighted by atomic mass is 9.92. The molecule has 0 saturated heterocycles. The zero-order chi connectivity index (χ0) is 22.5. The molecule has 0 fully saturated rings. The quantitative estimate of drug-likeness (QED) is 0.239. The molecule has 0 heteroatoms. The van der Waals surface area contributed by atoms with Gasteiger partial charge in [0.25, 0.3) is 0 Å². The monoisotopic (exact) mass is 430 g/mol. The maximum absolute atomic E-state index is 2.37. The molecule has 34 heavy (non-hydrogen) atoms.